The minimum Gasteiger partial charge on any atom is -0.476 e. The van der Waals surface area contributed by atoms with Crippen molar-refractivity contribution in [3.05, 3.63) is 17.8 Å². The highest BCUT2D eigenvalue weighted by Gasteiger charge is 2.20. The highest BCUT2D eigenvalue weighted by Crippen LogP contribution is 2.20. The fourth-order valence-electron chi connectivity index (χ4n) is 1.27. The molecule has 0 aliphatic rings. The molecule has 6 heteroatoms. The van der Waals surface area contributed by atoms with Gasteiger partial charge in [0.15, 0.2) is 5.69 Å². The van der Waals surface area contributed by atoms with E-state index < -0.39 is 5.97 Å². The number of carboxylic acids is 1. The fraction of sp³-hybridized carbons (Fsp3) is 0.556. The van der Waals surface area contributed by atoms with Crippen LogP contribution >= 0.6 is 12.4 Å². The van der Waals surface area contributed by atoms with Gasteiger partial charge in [0.2, 0.25) is 5.89 Å². The van der Waals surface area contributed by atoms with Gasteiger partial charge >= 0.3 is 5.97 Å². The number of carbonyl (C=O) groups is 1. The summed E-state index contributed by atoms with van der Waals surface area (Å²) in [6.45, 7) is 4.01. The number of nitrogens with one attached hydrogen (secondary N) is 1. The first-order valence-electron chi connectivity index (χ1n) is 4.42. The quantitative estimate of drug-likeness (QED) is 0.830. The lowest BCUT2D eigenvalue weighted by atomic mass is 10.1. The first-order valence-corrected chi connectivity index (χ1v) is 4.42. The average Bonchev–Trinajstić information content (AvgIpc) is 2.53. The van der Waals surface area contributed by atoms with Crippen LogP contribution in [0.25, 0.3) is 0 Å². The zero-order chi connectivity index (χ0) is 10.7. The summed E-state index contributed by atoms with van der Waals surface area (Å²) in [6, 6.07) is -0.0527. The molecule has 0 aliphatic carbocycles. The van der Waals surface area contributed by atoms with Crippen molar-refractivity contribution >= 4 is 18.4 Å². The van der Waals surface area contributed by atoms with E-state index in [1.54, 1.807) is 7.05 Å². The smallest absolute Gasteiger partial charge is 0.357 e. The molecule has 1 atom stereocenters. The van der Waals surface area contributed by atoms with E-state index in [0.29, 0.717) is 11.8 Å². The molecule has 1 aromatic rings. The van der Waals surface area contributed by atoms with E-state index in [9.17, 15) is 4.79 Å². The number of hydrogen-bond donors (Lipinski definition) is 2. The summed E-state index contributed by atoms with van der Waals surface area (Å²) in [5.74, 6) is -0.362. The van der Waals surface area contributed by atoms with Gasteiger partial charge in [0, 0.05) is 0 Å². The van der Waals surface area contributed by atoms with Gasteiger partial charge in [-0.2, -0.15) is 0 Å². The van der Waals surface area contributed by atoms with Crippen LogP contribution in [0.3, 0.4) is 0 Å². The summed E-state index contributed by atoms with van der Waals surface area (Å²) in [4.78, 5) is 14.4. The number of hydrogen-bond acceptors (Lipinski definition) is 4. The molecular formula is C9H15ClN2O3. The van der Waals surface area contributed by atoms with Gasteiger partial charge in [-0.15, -0.1) is 12.4 Å². The number of aromatic carboxylic acids is 1. The van der Waals surface area contributed by atoms with Crippen LogP contribution in [0.1, 0.15) is 36.3 Å². The van der Waals surface area contributed by atoms with Crippen LogP contribution in [0, 0.1) is 5.92 Å². The van der Waals surface area contributed by atoms with Crippen molar-refractivity contribution in [2.75, 3.05) is 7.05 Å². The minimum absolute atomic E-state index is 0. The predicted molar refractivity (Wildman–Crippen MR) is 57.3 cm³/mol. The maximum absolute atomic E-state index is 10.6. The molecule has 5 nitrogen and oxygen atoms in total. The lowest BCUT2D eigenvalue weighted by molar-refractivity contribution is 0.0690. The highest BCUT2D eigenvalue weighted by molar-refractivity contribution is 5.85. The monoisotopic (exact) mass is 234 g/mol. The Kier molecular flexibility index (Phi) is 5.32. The van der Waals surface area contributed by atoms with E-state index in [0.717, 1.165) is 6.26 Å². The zero-order valence-corrected chi connectivity index (χ0v) is 9.67. The van der Waals surface area contributed by atoms with Crippen LogP contribution in [-0.2, 0) is 0 Å². The largest absolute Gasteiger partial charge is 0.476 e. The third-order valence-electron chi connectivity index (χ3n) is 1.98. The van der Waals surface area contributed by atoms with Crippen LogP contribution in [0.5, 0.6) is 0 Å². The number of nitrogens with zero attached hydrogens (tertiary/aromatic N) is 1. The number of halogens is 1. The van der Waals surface area contributed by atoms with Crippen LogP contribution in [0.4, 0.5) is 0 Å². The van der Waals surface area contributed by atoms with E-state index in [4.69, 9.17) is 9.52 Å². The van der Waals surface area contributed by atoms with Crippen molar-refractivity contribution in [1.29, 1.82) is 0 Å². The van der Waals surface area contributed by atoms with Crippen LogP contribution in [0.2, 0.25) is 0 Å². The Morgan fingerprint density at radius 3 is 2.53 bits per heavy atom. The summed E-state index contributed by atoms with van der Waals surface area (Å²) < 4.78 is 5.09. The fourth-order valence-corrected chi connectivity index (χ4v) is 1.27. The van der Waals surface area contributed by atoms with Crippen LogP contribution in [0.15, 0.2) is 10.7 Å². The lowest BCUT2D eigenvalue weighted by Gasteiger charge is -2.15. The van der Waals surface area contributed by atoms with Crippen molar-refractivity contribution in [2.24, 2.45) is 5.92 Å². The van der Waals surface area contributed by atoms with Crippen molar-refractivity contribution in [2.45, 2.75) is 19.9 Å². The zero-order valence-electron chi connectivity index (χ0n) is 8.85. The second kappa shape index (κ2) is 5.72. The molecule has 0 fully saturated rings. The molecule has 0 amide bonds. The SMILES string of the molecule is CNC(c1nc(C(=O)O)co1)C(C)C.Cl. The molecule has 2 N–H and O–H groups in total. The van der Waals surface area contributed by atoms with Gasteiger partial charge in [-0.3, -0.25) is 0 Å². The summed E-state index contributed by atoms with van der Waals surface area (Å²) in [6.07, 6.45) is 1.16. The third-order valence-corrected chi connectivity index (χ3v) is 1.98. The standard InChI is InChI=1S/C9H14N2O3.ClH/c1-5(2)7(10-3)8-11-6(4-14-8)9(12)13;/h4-5,7,10H,1-3H3,(H,12,13);1H. The second-order valence-electron chi connectivity index (χ2n) is 3.39. The predicted octanol–water partition coefficient (Wildman–Crippen LogP) is 1.71. The van der Waals surface area contributed by atoms with Crippen molar-refractivity contribution in [1.82, 2.24) is 10.3 Å². The van der Waals surface area contributed by atoms with Gasteiger partial charge in [-0.05, 0) is 13.0 Å². The van der Waals surface area contributed by atoms with Gasteiger partial charge in [-0.25, -0.2) is 9.78 Å². The van der Waals surface area contributed by atoms with Crippen LogP contribution < -0.4 is 5.32 Å². The number of aromatic nitrogens is 1. The van der Waals surface area contributed by atoms with Gasteiger partial charge in [0.25, 0.3) is 0 Å². The van der Waals surface area contributed by atoms with Crippen molar-refractivity contribution in [3.63, 3.8) is 0 Å². The van der Waals surface area contributed by atoms with Gasteiger partial charge in [0.05, 0.1) is 6.04 Å². The number of oxazole rings is 1. The van der Waals surface area contributed by atoms with E-state index >= 15 is 0 Å². The number of carboxylic acid groups (broad SMARTS) is 1. The summed E-state index contributed by atoms with van der Waals surface area (Å²) in [7, 11) is 1.79. The Hall–Kier alpha value is -1.07. The first kappa shape index (κ1) is 13.9. The molecule has 0 saturated heterocycles. The molecule has 0 spiro atoms. The van der Waals surface area contributed by atoms with Crippen LogP contribution in [-0.4, -0.2) is 23.1 Å². The normalized spacial score (nSPS) is 12.3. The summed E-state index contributed by atoms with van der Waals surface area (Å²) in [5, 5.41) is 11.7. The van der Waals surface area contributed by atoms with E-state index in [1.165, 1.54) is 0 Å². The summed E-state index contributed by atoms with van der Waals surface area (Å²) in [5.41, 5.74) is -0.0547. The van der Waals surface area contributed by atoms with E-state index in [2.05, 4.69) is 10.3 Å². The van der Waals surface area contributed by atoms with Crippen molar-refractivity contribution in [3.8, 4) is 0 Å². The Morgan fingerprint density at radius 2 is 2.20 bits per heavy atom. The highest BCUT2D eigenvalue weighted by atomic mass is 35.5. The molecule has 1 heterocycles. The average molecular weight is 235 g/mol. The van der Waals surface area contributed by atoms with E-state index in [1.807, 2.05) is 13.8 Å². The molecule has 0 aliphatic heterocycles. The van der Waals surface area contributed by atoms with Gasteiger partial charge < -0.3 is 14.8 Å². The summed E-state index contributed by atoms with van der Waals surface area (Å²) >= 11 is 0. The molecule has 1 rings (SSSR count). The van der Waals surface area contributed by atoms with Crippen molar-refractivity contribution < 1.29 is 14.3 Å². The van der Waals surface area contributed by atoms with Gasteiger partial charge in [0.1, 0.15) is 6.26 Å². The molecular weight excluding hydrogens is 220 g/mol. The maximum atomic E-state index is 10.6. The number of rotatable bonds is 4. The molecule has 15 heavy (non-hydrogen) atoms. The lowest BCUT2D eigenvalue weighted by Crippen LogP contribution is -2.22. The topological polar surface area (TPSA) is 75.4 Å². The minimum atomic E-state index is -1.07. The molecule has 0 aromatic carbocycles. The Morgan fingerprint density at radius 1 is 1.60 bits per heavy atom. The first-order chi connectivity index (χ1) is 6.56. The Bertz CT molecular complexity index is 325. The van der Waals surface area contributed by atoms with Gasteiger partial charge in [-0.1, -0.05) is 13.8 Å². The molecule has 0 radical (unpaired) electrons. The molecule has 1 aromatic heterocycles. The molecule has 0 bridgehead atoms. The third kappa shape index (κ3) is 3.21. The molecule has 1 unspecified atom stereocenters. The molecule has 0 saturated carbocycles. The second-order valence-corrected chi connectivity index (χ2v) is 3.39. The Labute approximate surface area is 94.3 Å². The van der Waals surface area contributed by atoms with E-state index in [-0.39, 0.29) is 24.1 Å². The molecule has 86 valence electrons. The Balaban J connectivity index is 0.00000196. The maximum Gasteiger partial charge on any atom is 0.357 e.